The summed E-state index contributed by atoms with van der Waals surface area (Å²) in [5.74, 6) is 0. The van der Waals surface area contributed by atoms with Gasteiger partial charge in [0.25, 0.3) is 0 Å². The molecule has 2 aromatic rings. The van der Waals surface area contributed by atoms with Crippen LogP contribution < -0.4 is 10.0 Å². The second kappa shape index (κ2) is 6.98. The highest BCUT2D eigenvalue weighted by Gasteiger charge is 2.15. The first-order valence-electron chi connectivity index (χ1n) is 6.46. The number of para-hydroxylation sites is 1. The fourth-order valence-corrected chi connectivity index (χ4v) is 3.21. The van der Waals surface area contributed by atoms with Crippen molar-refractivity contribution in [2.75, 3.05) is 18.6 Å². The Kier molecular flexibility index (Phi) is 5.27. The van der Waals surface area contributed by atoms with E-state index in [0.717, 1.165) is 5.56 Å². The van der Waals surface area contributed by atoms with Crippen molar-refractivity contribution in [1.29, 1.82) is 0 Å². The maximum atomic E-state index is 12.0. The van der Waals surface area contributed by atoms with Crippen molar-refractivity contribution in [2.45, 2.75) is 16.3 Å². The van der Waals surface area contributed by atoms with E-state index in [4.69, 9.17) is 0 Å². The molecule has 21 heavy (non-hydrogen) atoms. The molecular formula is C15H18N2O2S2. The molecular weight excluding hydrogens is 304 g/mol. The van der Waals surface area contributed by atoms with Crippen LogP contribution in [0.2, 0.25) is 0 Å². The normalized spacial score (nSPS) is 11.3. The third-order valence-corrected chi connectivity index (χ3v) is 5.30. The molecule has 0 radical (unpaired) electrons. The number of hydrogen-bond donors (Lipinski definition) is 2. The molecule has 2 N–H and O–H groups in total. The molecule has 0 unspecified atom stereocenters. The van der Waals surface area contributed by atoms with E-state index < -0.39 is 10.0 Å². The van der Waals surface area contributed by atoms with Crippen LogP contribution in [0.1, 0.15) is 5.56 Å². The van der Waals surface area contributed by atoms with E-state index in [1.807, 2.05) is 24.5 Å². The topological polar surface area (TPSA) is 58.2 Å². The zero-order valence-corrected chi connectivity index (χ0v) is 13.6. The molecule has 112 valence electrons. The van der Waals surface area contributed by atoms with Gasteiger partial charge in [0.2, 0.25) is 10.0 Å². The van der Waals surface area contributed by atoms with Crippen LogP contribution in [-0.2, 0) is 16.6 Å². The Morgan fingerprint density at radius 2 is 1.71 bits per heavy atom. The van der Waals surface area contributed by atoms with E-state index in [9.17, 15) is 8.42 Å². The quantitative estimate of drug-likeness (QED) is 0.803. The molecule has 2 aromatic carbocycles. The van der Waals surface area contributed by atoms with Crippen molar-refractivity contribution in [3.63, 3.8) is 0 Å². The molecule has 0 fully saturated rings. The molecule has 0 bridgehead atoms. The van der Waals surface area contributed by atoms with Crippen LogP contribution in [0.4, 0.5) is 5.69 Å². The lowest BCUT2D eigenvalue weighted by atomic mass is 10.2. The van der Waals surface area contributed by atoms with Crippen LogP contribution >= 0.6 is 11.8 Å². The van der Waals surface area contributed by atoms with Gasteiger partial charge in [-0.3, -0.25) is 0 Å². The lowest BCUT2D eigenvalue weighted by molar-refractivity contribution is 0.588. The van der Waals surface area contributed by atoms with Crippen LogP contribution in [-0.4, -0.2) is 21.7 Å². The van der Waals surface area contributed by atoms with Gasteiger partial charge in [-0.1, -0.05) is 24.3 Å². The maximum absolute atomic E-state index is 12.0. The summed E-state index contributed by atoms with van der Waals surface area (Å²) in [6.45, 7) is 0.574. The highest BCUT2D eigenvalue weighted by atomic mass is 32.2. The van der Waals surface area contributed by atoms with Gasteiger partial charge in [-0.05, 0) is 43.1 Å². The number of benzene rings is 2. The lowest BCUT2D eigenvalue weighted by Crippen LogP contribution is -2.20. The van der Waals surface area contributed by atoms with Crippen molar-refractivity contribution < 1.29 is 8.42 Å². The lowest BCUT2D eigenvalue weighted by Gasteiger charge is -2.12. The molecule has 0 aliphatic rings. The second-order valence-corrected chi connectivity index (χ2v) is 7.14. The molecule has 0 amide bonds. The van der Waals surface area contributed by atoms with Crippen LogP contribution in [0.15, 0.2) is 58.3 Å². The molecule has 0 atom stereocenters. The van der Waals surface area contributed by atoms with Crippen molar-refractivity contribution >= 4 is 27.5 Å². The number of thioether (sulfide) groups is 1. The van der Waals surface area contributed by atoms with Gasteiger partial charge in [-0.2, -0.15) is 0 Å². The first-order chi connectivity index (χ1) is 10.1. The third-order valence-electron chi connectivity index (χ3n) is 3.09. The molecule has 0 spiro atoms. The van der Waals surface area contributed by atoms with E-state index in [0.29, 0.717) is 12.2 Å². The SMILES string of the molecule is CNS(=O)(=O)c1ccccc1NCc1ccc(SC)cc1. The summed E-state index contributed by atoms with van der Waals surface area (Å²) in [5, 5.41) is 3.18. The zero-order valence-electron chi connectivity index (χ0n) is 12.0. The van der Waals surface area contributed by atoms with Crippen LogP contribution in [0.5, 0.6) is 0 Å². The summed E-state index contributed by atoms with van der Waals surface area (Å²) < 4.78 is 26.3. The first kappa shape index (κ1) is 15.9. The van der Waals surface area contributed by atoms with Gasteiger partial charge >= 0.3 is 0 Å². The van der Waals surface area contributed by atoms with Crippen molar-refractivity contribution in [3.8, 4) is 0 Å². The van der Waals surface area contributed by atoms with Gasteiger partial charge in [0.05, 0.1) is 5.69 Å². The second-order valence-electron chi connectivity index (χ2n) is 4.41. The maximum Gasteiger partial charge on any atom is 0.242 e. The number of hydrogen-bond acceptors (Lipinski definition) is 4. The highest BCUT2D eigenvalue weighted by molar-refractivity contribution is 7.98. The Labute approximate surface area is 130 Å². The summed E-state index contributed by atoms with van der Waals surface area (Å²) >= 11 is 1.69. The molecule has 0 saturated heterocycles. The average molecular weight is 322 g/mol. The van der Waals surface area contributed by atoms with E-state index in [1.54, 1.807) is 30.0 Å². The summed E-state index contributed by atoms with van der Waals surface area (Å²) in [5.41, 5.74) is 1.70. The van der Waals surface area contributed by atoms with Gasteiger partial charge in [0.15, 0.2) is 0 Å². The van der Waals surface area contributed by atoms with E-state index in [2.05, 4.69) is 22.2 Å². The number of sulfonamides is 1. The monoisotopic (exact) mass is 322 g/mol. The van der Waals surface area contributed by atoms with Crippen LogP contribution in [0.25, 0.3) is 0 Å². The zero-order chi connectivity index (χ0) is 15.3. The van der Waals surface area contributed by atoms with E-state index in [1.165, 1.54) is 11.9 Å². The fraction of sp³-hybridized carbons (Fsp3) is 0.200. The van der Waals surface area contributed by atoms with Crippen LogP contribution in [0.3, 0.4) is 0 Å². The molecule has 2 rings (SSSR count). The average Bonchev–Trinajstić information content (AvgIpc) is 2.53. The van der Waals surface area contributed by atoms with Crippen molar-refractivity contribution in [3.05, 3.63) is 54.1 Å². The van der Waals surface area contributed by atoms with Gasteiger partial charge in [-0.15, -0.1) is 11.8 Å². The minimum absolute atomic E-state index is 0.258. The minimum atomic E-state index is -3.46. The number of anilines is 1. The van der Waals surface area contributed by atoms with E-state index >= 15 is 0 Å². The minimum Gasteiger partial charge on any atom is -0.380 e. The Morgan fingerprint density at radius 3 is 2.33 bits per heavy atom. The van der Waals surface area contributed by atoms with Gasteiger partial charge < -0.3 is 5.32 Å². The summed E-state index contributed by atoms with van der Waals surface area (Å²) in [6.07, 6.45) is 2.03. The van der Waals surface area contributed by atoms with Crippen molar-refractivity contribution in [2.24, 2.45) is 0 Å². The third kappa shape index (κ3) is 4.00. The van der Waals surface area contributed by atoms with Gasteiger partial charge in [0.1, 0.15) is 4.90 Å². The predicted octanol–water partition coefficient (Wildman–Crippen LogP) is 2.93. The highest BCUT2D eigenvalue weighted by Crippen LogP contribution is 2.21. The number of rotatable bonds is 6. The fourth-order valence-electron chi connectivity index (χ4n) is 1.90. The Morgan fingerprint density at radius 1 is 1.05 bits per heavy atom. The van der Waals surface area contributed by atoms with Crippen molar-refractivity contribution in [1.82, 2.24) is 4.72 Å². The van der Waals surface area contributed by atoms with Gasteiger partial charge in [-0.25, -0.2) is 13.1 Å². The van der Waals surface area contributed by atoms with Crippen LogP contribution in [0, 0.1) is 0 Å². The first-order valence-corrected chi connectivity index (χ1v) is 9.17. The molecule has 0 heterocycles. The molecule has 0 aliphatic carbocycles. The molecule has 4 nitrogen and oxygen atoms in total. The Hall–Kier alpha value is -1.50. The molecule has 0 saturated carbocycles. The summed E-state index contributed by atoms with van der Waals surface area (Å²) in [6, 6.07) is 15.1. The summed E-state index contributed by atoms with van der Waals surface area (Å²) in [4.78, 5) is 1.46. The van der Waals surface area contributed by atoms with E-state index in [-0.39, 0.29) is 4.90 Å². The van der Waals surface area contributed by atoms with Gasteiger partial charge in [0, 0.05) is 11.4 Å². The number of nitrogens with one attached hydrogen (secondary N) is 2. The molecule has 6 heteroatoms. The Bertz CT molecular complexity index is 698. The smallest absolute Gasteiger partial charge is 0.242 e. The Balaban J connectivity index is 2.16. The molecule has 0 aromatic heterocycles. The molecule has 0 aliphatic heterocycles. The summed E-state index contributed by atoms with van der Waals surface area (Å²) in [7, 11) is -2.05. The standard InChI is InChI=1S/C15H18N2O2S2/c1-16-21(18,19)15-6-4-3-5-14(15)17-11-12-7-9-13(20-2)10-8-12/h3-10,16-17H,11H2,1-2H3. The predicted molar refractivity (Wildman–Crippen MR) is 88.2 cm³/mol. The largest absolute Gasteiger partial charge is 0.380 e.